The summed E-state index contributed by atoms with van der Waals surface area (Å²) in [4.78, 5) is 23.6. The number of aliphatic hydroxyl groups excluding tert-OH is 1. The van der Waals surface area contributed by atoms with Gasteiger partial charge in [-0.15, -0.1) is 0 Å². The Morgan fingerprint density at radius 1 is 1.60 bits per heavy atom. The van der Waals surface area contributed by atoms with Gasteiger partial charge in [0, 0.05) is 0 Å². The summed E-state index contributed by atoms with van der Waals surface area (Å²) >= 11 is 0. The Hall–Kier alpha value is -1.40. The van der Waals surface area contributed by atoms with Gasteiger partial charge in [-0.1, -0.05) is 0 Å². The van der Waals surface area contributed by atoms with Crippen molar-refractivity contribution in [1.82, 2.24) is 4.90 Å². The zero-order valence-electron chi connectivity index (χ0n) is 8.01. The predicted molar refractivity (Wildman–Crippen MR) is 49.6 cm³/mol. The molecule has 0 aromatic carbocycles. The molecule has 0 aromatic rings. The van der Waals surface area contributed by atoms with Crippen molar-refractivity contribution < 1.29 is 19.8 Å². The van der Waals surface area contributed by atoms with Crippen molar-refractivity contribution >= 4 is 11.9 Å². The van der Waals surface area contributed by atoms with Gasteiger partial charge in [-0.3, -0.25) is 9.69 Å². The number of β-lactam (4-membered cyclic amide) rings is 1. The number of hydrogen-bond acceptors (Lipinski definition) is 4. The van der Waals surface area contributed by atoms with Gasteiger partial charge in [0.2, 0.25) is 5.91 Å². The first-order chi connectivity index (χ1) is 7.07. The smallest absolute Gasteiger partial charge is 0.352 e. The van der Waals surface area contributed by atoms with Gasteiger partial charge < -0.3 is 15.9 Å². The Bertz CT molecular complexity index is 363. The second kappa shape index (κ2) is 3.32. The van der Waals surface area contributed by atoms with Gasteiger partial charge in [-0.2, -0.15) is 0 Å². The number of amides is 1. The highest BCUT2D eigenvalue weighted by atomic mass is 16.4. The number of rotatable bonds is 2. The molecule has 0 saturated carbocycles. The third kappa shape index (κ3) is 1.25. The van der Waals surface area contributed by atoms with Crippen molar-refractivity contribution in [3.63, 3.8) is 0 Å². The van der Waals surface area contributed by atoms with Crippen LogP contribution in [0.3, 0.4) is 0 Å². The molecule has 0 aromatic heterocycles. The number of carbonyl (C=O) groups is 2. The SMILES string of the molecule is N[C@@H]1C(=O)N2C(C(=O)O)=C(CO)CC[C@H]12. The molecule has 0 unspecified atom stereocenters. The van der Waals surface area contributed by atoms with Gasteiger partial charge in [-0.05, 0) is 18.4 Å². The average Bonchev–Trinajstić information content (AvgIpc) is 2.25. The van der Waals surface area contributed by atoms with Crippen LogP contribution in [0.25, 0.3) is 0 Å². The summed E-state index contributed by atoms with van der Waals surface area (Å²) in [6.45, 7) is -0.326. The Balaban J connectivity index is 2.38. The first-order valence-electron chi connectivity index (χ1n) is 4.72. The fourth-order valence-corrected chi connectivity index (χ4v) is 2.17. The molecular weight excluding hydrogens is 200 g/mol. The monoisotopic (exact) mass is 212 g/mol. The number of carboxylic acids is 1. The summed E-state index contributed by atoms with van der Waals surface area (Å²) in [6.07, 6.45) is 1.11. The number of carboxylic acid groups (broad SMARTS) is 1. The number of nitrogens with two attached hydrogens (primary N) is 1. The van der Waals surface area contributed by atoms with E-state index in [2.05, 4.69) is 0 Å². The zero-order valence-corrected chi connectivity index (χ0v) is 8.01. The maximum atomic E-state index is 11.4. The van der Waals surface area contributed by atoms with Crippen LogP contribution in [-0.2, 0) is 9.59 Å². The minimum atomic E-state index is -1.18. The fraction of sp³-hybridized carbons (Fsp3) is 0.556. The van der Waals surface area contributed by atoms with E-state index >= 15 is 0 Å². The van der Waals surface area contributed by atoms with E-state index in [1.807, 2.05) is 0 Å². The highest BCUT2D eigenvalue weighted by Crippen LogP contribution is 2.35. The molecule has 1 amide bonds. The van der Waals surface area contributed by atoms with Gasteiger partial charge in [-0.25, -0.2) is 4.79 Å². The molecule has 2 aliphatic rings. The van der Waals surface area contributed by atoms with E-state index in [9.17, 15) is 9.59 Å². The number of aliphatic hydroxyl groups is 1. The Kier molecular flexibility index (Phi) is 2.24. The van der Waals surface area contributed by atoms with Gasteiger partial charge in [0.25, 0.3) is 0 Å². The van der Waals surface area contributed by atoms with Crippen molar-refractivity contribution in [2.45, 2.75) is 24.9 Å². The standard InChI is InChI=1S/C9H12N2O4/c10-6-5-2-1-4(3-12)7(9(14)15)11(5)8(6)13/h5-6,12H,1-3,10H2,(H,14,15)/t5-,6+/m1/s1. The van der Waals surface area contributed by atoms with Crippen molar-refractivity contribution in [1.29, 1.82) is 0 Å². The highest BCUT2D eigenvalue weighted by molar-refractivity contribution is 6.00. The van der Waals surface area contributed by atoms with Crippen LogP contribution in [0.15, 0.2) is 11.3 Å². The molecule has 6 heteroatoms. The molecule has 2 aliphatic heterocycles. The molecule has 4 N–H and O–H groups in total. The number of hydrogen-bond donors (Lipinski definition) is 3. The molecule has 15 heavy (non-hydrogen) atoms. The van der Waals surface area contributed by atoms with Crippen molar-refractivity contribution in [2.75, 3.05) is 6.61 Å². The van der Waals surface area contributed by atoms with Crippen LogP contribution < -0.4 is 5.73 Å². The quantitative estimate of drug-likeness (QED) is 0.491. The molecular formula is C9H12N2O4. The fourth-order valence-electron chi connectivity index (χ4n) is 2.17. The lowest BCUT2D eigenvalue weighted by Crippen LogP contribution is -2.69. The third-order valence-corrected chi connectivity index (χ3v) is 2.98. The molecule has 0 radical (unpaired) electrons. The Labute approximate surface area is 86.0 Å². The molecule has 0 bridgehead atoms. The number of fused-ring (bicyclic) bond motifs is 1. The molecule has 1 saturated heterocycles. The molecule has 2 atom stereocenters. The lowest BCUT2D eigenvalue weighted by molar-refractivity contribution is -0.152. The largest absolute Gasteiger partial charge is 0.477 e. The molecule has 82 valence electrons. The van der Waals surface area contributed by atoms with E-state index in [1.165, 1.54) is 4.90 Å². The number of nitrogens with zero attached hydrogens (tertiary/aromatic N) is 1. The van der Waals surface area contributed by atoms with Gasteiger partial charge in [0.1, 0.15) is 11.7 Å². The van der Waals surface area contributed by atoms with E-state index in [0.717, 1.165) is 0 Å². The topological polar surface area (TPSA) is 104 Å². The molecule has 1 fully saturated rings. The normalized spacial score (nSPS) is 30.0. The minimum Gasteiger partial charge on any atom is -0.477 e. The number of carbonyl (C=O) groups excluding carboxylic acids is 1. The van der Waals surface area contributed by atoms with E-state index in [-0.39, 0.29) is 24.3 Å². The van der Waals surface area contributed by atoms with Crippen molar-refractivity contribution in [3.8, 4) is 0 Å². The molecule has 2 heterocycles. The van der Waals surface area contributed by atoms with E-state index in [4.69, 9.17) is 15.9 Å². The Morgan fingerprint density at radius 3 is 2.80 bits per heavy atom. The van der Waals surface area contributed by atoms with E-state index < -0.39 is 12.0 Å². The van der Waals surface area contributed by atoms with Crippen LogP contribution in [0.5, 0.6) is 0 Å². The lowest BCUT2D eigenvalue weighted by Gasteiger charge is -2.48. The maximum Gasteiger partial charge on any atom is 0.352 e. The second-order valence-corrected chi connectivity index (χ2v) is 3.76. The third-order valence-electron chi connectivity index (χ3n) is 2.98. The second-order valence-electron chi connectivity index (χ2n) is 3.76. The maximum absolute atomic E-state index is 11.4. The predicted octanol–water partition coefficient (Wildman–Crippen LogP) is -1.35. The van der Waals surface area contributed by atoms with Crippen LogP contribution in [0, 0.1) is 0 Å². The summed E-state index contributed by atoms with van der Waals surface area (Å²) in [5.41, 5.74) is 5.88. The van der Waals surface area contributed by atoms with Crippen LogP contribution in [0.2, 0.25) is 0 Å². The van der Waals surface area contributed by atoms with Crippen LogP contribution in [-0.4, -0.2) is 45.7 Å². The lowest BCUT2D eigenvalue weighted by atomic mass is 9.84. The average molecular weight is 212 g/mol. The zero-order chi connectivity index (χ0) is 11.2. The number of aliphatic carboxylic acids is 1. The summed E-state index contributed by atoms with van der Waals surface area (Å²) in [5.74, 6) is -1.55. The van der Waals surface area contributed by atoms with Crippen molar-refractivity contribution in [2.24, 2.45) is 5.73 Å². The molecule has 2 rings (SSSR count). The van der Waals surface area contributed by atoms with Gasteiger partial charge in [0.15, 0.2) is 0 Å². The van der Waals surface area contributed by atoms with Gasteiger partial charge in [0.05, 0.1) is 12.6 Å². The Morgan fingerprint density at radius 2 is 2.27 bits per heavy atom. The minimum absolute atomic E-state index is 0.0829. The first-order valence-corrected chi connectivity index (χ1v) is 4.72. The van der Waals surface area contributed by atoms with Crippen LogP contribution in [0.1, 0.15) is 12.8 Å². The van der Waals surface area contributed by atoms with Crippen LogP contribution >= 0.6 is 0 Å². The van der Waals surface area contributed by atoms with Gasteiger partial charge >= 0.3 is 5.97 Å². The highest BCUT2D eigenvalue weighted by Gasteiger charge is 2.50. The summed E-state index contributed by atoms with van der Waals surface area (Å²) in [6, 6.07) is -0.793. The van der Waals surface area contributed by atoms with Crippen molar-refractivity contribution in [3.05, 3.63) is 11.3 Å². The summed E-state index contributed by atoms with van der Waals surface area (Å²) < 4.78 is 0. The first kappa shape index (κ1) is 10.1. The summed E-state index contributed by atoms with van der Waals surface area (Å²) in [5, 5.41) is 18.0. The summed E-state index contributed by atoms with van der Waals surface area (Å²) in [7, 11) is 0. The molecule has 0 aliphatic carbocycles. The van der Waals surface area contributed by atoms with Crippen LogP contribution in [0.4, 0.5) is 0 Å². The molecule has 0 spiro atoms. The van der Waals surface area contributed by atoms with E-state index in [1.54, 1.807) is 0 Å². The molecule has 6 nitrogen and oxygen atoms in total. The van der Waals surface area contributed by atoms with E-state index in [0.29, 0.717) is 18.4 Å².